The molecule has 0 fully saturated rings. The van der Waals surface area contributed by atoms with E-state index in [0.717, 1.165) is 0 Å². The normalized spacial score (nSPS) is 11.7. The van der Waals surface area contributed by atoms with Crippen LogP contribution in [0.1, 0.15) is 5.56 Å². The third-order valence-corrected chi connectivity index (χ3v) is 7.94. The summed E-state index contributed by atoms with van der Waals surface area (Å²) in [6.45, 7) is 2.15. The summed E-state index contributed by atoms with van der Waals surface area (Å²) in [5, 5.41) is 5.09. The molecule has 0 atom stereocenters. The highest BCUT2D eigenvalue weighted by Crippen LogP contribution is 2.42. The maximum atomic E-state index is 2.47. The Bertz CT molecular complexity index is 2180. The van der Waals surface area contributed by atoms with Gasteiger partial charge in [0.15, 0.2) is 0 Å². The molecule has 2 nitrogen and oxygen atoms in total. The van der Waals surface area contributed by atoms with E-state index in [1.54, 1.807) is 0 Å². The lowest BCUT2D eigenvalue weighted by Gasteiger charge is -2.12. The molecule has 0 unspecified atom stereocenters. The number of fused-ring (bicyclic) bond motifs is 7. The molecule has 0 saturated heterocycles. The third kappa shape index (κ3) is 3.28. The number of para-hydroxylation sites is 3. The van der Waals surface area contributed by atoms with Gasteiger partial charge < -0.3 is 9.13 Å². The molecule has 0 aliphatic heterocycles. The number of rotatable bonds is 3. The minimum Gasteiger partial charge on any atom is -0.309 e. The molecule has 0 radical (unpaired) electrons. The Morgan fingerprint density at radius 1 is 0.410 bits per heavy atom. The highest BCUT2D eigenvalue weighted by Gasteiger charge is 2.20. The Labute approximate surface area is 227 Å². The number of benzene rings is 6. The van der Waals surface area contributed by atoms with Crippen LogP contribution in [0.15, 0.2) is 140 Å². The van der Waals surface area contributed by atoms with E-state index < -0.39 is 0 Å². The first kappa shape index (κ1) is 22.0. The minimum atomic E-state index is 1.17. The van der Waals surface area contributed by atoms with Gasteiger partial charge in [0.2, 0.25) is 0 Å². The highest BCUT2D eigenvalue weighted by molar-refractivity contribution is 6.26. The molecular weight excluding hydrogens is 472 g/mol. The van der Waals surface area contributed by atoms with Gasteiger partial charge in [0.25, 0.3) is 0 Å². The zero-order valence-electron chi connectivity index (χ0n) is 21.7. The number of hydrogen-bond donors (Lipinski definition) is 0. The van der Waals surface area contributed by atoms with Gasteiger partial charge in [-0.15, -0.1) is 0 Å². The fraction of sp³-hybridized carbons (Fsp3) is 0.0270. The Balaban J connectivity index is 1.53. The number of nitrogens with zero attached hydrogens (tertiary/aromatic N) is 2. The second kappa shape index (κ2) is 8.47. The molecule has 2 aromatic heterocycles. The van der Waals surface area contributed by atoms with Crippen molar-refractivity contribution in [1.29, 1.82) is 0 Å². The average Bonchev–Trinajstić information content (AvgIpc) is 3.51. The summed E-state index contributed by atoms with van der Waals surface area (Å²) in [6, 6.07) is 50.6. The summed E-state index contributed by atoms with van der Waals surface area (Å²) in [5.41, 5.74) is 11.0. The van der Waals surface area contributed by atoms with Gasteiger partial charge in [0.1, 0.15) is 0 Å². The van der Waals surface area contributed by atoms with Crippen LogP contribution in [0, 0.1) is 6.92 Å². The van der Waals surface area contributed by atoms with Crippen molar-refractivity contribution in [2.45, 2.75) is 6.92 Å². The summed E-state index contributed by atoms with van der Waals surface area (Å²) in [4.78, 5) is 0. The second-order valence-corrected chi connectivity index (χ2v) is 10.3. The average molecular weight is 499 g/mol. The molecule has 0 bridgehead atoms. The van der Waals surface area contributed by atoms with Gasteiger partial charge >= 0.3 is 0 Å². The van der Waals surface area contributed by atoms with E-state index in [9.17, 15) is 0 Å². The lowest BCUT2D eigenvalue weighted by Crippen LogP contribution is -1.96. The lowest BCUT2D eigenvalue weighted by atomic mass is 10.0. The van der Waals surface area contributed by atoms with Crippen molar-refractivity contribution in [2.24, 2.45) is 0 Å². The lowest BCUT2D eigenvalue weighted by molar-refractivity contribution is 1.17. The van der Waals surface area contributed by atoms with Crippen molar-refractivity contribution >= 4 is 43.6 Å². The van der Waals surface area contributed by atoms with Crippen molar-refractivity contribution in [1.82, 2.24) is 9.13 Å². The summed E-state index contributed by atoms with van der Waals surface area (Å²) in [5.74, 6) is 0. The molecule has 39 heavy (non-hydrogen) atoms. The van der Waals surface area contributed by atoms with Crippen molar-refractivity contribution in [2.75, 3.05) is 0 Å². The van der Waals surface area contributed by atoms with Crippen LogP contribution in [0.3, 0.4) is 0 Å². The topological polar surface area (TPSA) is 9.86 Å². The summed E-state index contributed by atoms with van der Waals surface area (Å²) < 4.78 is 4.86. The van der Waals surface area contributed by atoms with Gasteiger partial charge in [0.05, 0.1) is 22.1 Å². The van der Waals surface area contributed by atoms with Gasteiger partial charge in [0, 0.05) is 32.9 Å². The van der Waals surface area contributed by atoms with Gasteiger partial charge in [-0.3, -0.25) is 0 Å². The molecule has 184 valence electrons. The van der Waals surface area contributed by atoms with Crippen LogP contribution >= 0.6 is 0 Å². The van der Waals surface area contributed by atoms with Crippen LogP contribution < -0.4 is 0 Å². The second-order valence-electron chi connectivity index (χ2n) is 10.3. The standard InChI is InChI=1S/C37H26N2/c1-25-11-9-12-26(23-25)27-13-10-16-29(24-27)39-33-19-7-5-17-30(33)31-21-22-35-36(37(31)39)32-18-6-8-20-34(32)38(35)28-14-3-2-4-15-28/h2-24H,1H3. The Hall–Kier alpha value is -5.08. The van der Waals surface area contributed by atoms with E-state index in [2.05, 4.69) is 156 Å². The number of aryl methyl sites for hydroxylation is 1. The molecule has 0 aliphatic rings. The maximum Gasteiger partial charge on any atom is 0.0641 e. The van der Waals surface area contributed by atoms with E-state index >= 15 is 0 Å². The van der Waals surface area contributed by atoms with Gasteiger partial charge in [-0.1, -0.05) is 103 Å². The minimum absolute atomic E-state index is 1.17. The SMILES string of the molecule is Cc1cccc(-c2cccc(-n3c4ccccc4c4ccc5c(c6ccccc6n5-c5ccccc5)c43)c2)c1. The molecule has 0 N–H and O–H groups in total. The molecular formula is C37H26N2. The number of hydrogen-bond acceptors (Lipinski definition) is 0. The molecule has 6 aromatic carbocycles. The molecule has 0 amide bonds. The van der Waals surface area contributed by atoms with E-state index in [1.165, 1.54) is 71.7 Å². The fourth-order valence-corrected chi connectivity index (χ4v) is 6.28. The first-order valence-electron chi connectivity index (χ1n) is 13.5. The van der Waals surface area contributed by atoms with Crippen molar-refractivity contribution in [3.8, 4) is 22.5 Å². The van der Waals surface area contributed by atoms with Crippen LogP contribution in [-0.4, -0.2) is 9.13 Å². The van der Waals surface area contributed by atoms with Crippen molar-refractivity contribution in [3.63, 3.8) is 0 Å². The van der Waals surface area contributed by atoms with Gasteiger partial charge in [-0.2, -0.15) is 0 Å². The monoisotopic (exact) mass is 498 g/mol. The molecule has 8 aromatic rings. The summed E-state index contributed by atoms with van der Waals surface area (Å²) in [6.07, 6.45) is 0. The Morgan fingerprint density at radius 3 is 1.85 bits per heavy atom. The first-order valence-corrected chi connectivity index (χ1v) is 13.5. The van der Waals surface area contributed by atoms with Crippen LogP contribution in [0.4, 0.5) is 0 Å². The van der Waals surface area contributed by atoms with Gasteiger partial charge in [-0.05, 0) is 60.5 Å². The highest BCUT2D eigenvalue weighted by atomic mass is 15.0. The predicted molar refractivity (Wildman–Crippen MR) is 165 cm³/mol. The molecule has 0 aliphatic carbocycles. The maximum absolute atomic E-state index is 2.47. The third-order valence-electron chi connectivity index (χ3n) is 7.94. The smallest absolute Gasteiger partial charge is 0.0641 e. The summed E-state index contributed by atoms with van der Waals surface area (Å²) >= 11 is 0. The molecule has 2 heteroatoms. The number of aromatic nitrogens is 2. The Morgan fingerprint density at radius 2 is 1.05 bits per heavy atom. The quantitative estimate of drug-likeness (QED) is 0.229. The van der Waals surface area contributed by atoms with Crippen LogP contribution in [0.5, 0.6) is 0 Å². The molecule has 8 rings (SSSR count). The zero-order chi connectivity index (χ0) is 25.9. The zero-order valence-corrected chi connectivity index (χ0v) is 21.7. The van der Waals surface area contributed by atoms with Crippen molar-refractivity contribution in [3.05, 3.63) is 145 Å². The van der Waals surface area contributed by atoms with E-state index in [4.69, 9.17) is 0 Å². The fourth-order valence-electron chi connectivity index (χ4n) is 6.28. The molecule has 2 heterocycles. The largest absolute Gasteiger partial charge is 0.309 e. The van der Waals surface area contributed by atoms with Crippen LogP contribution in [0.25, 0.3) is 66.1 Å². The first-order chi connectivity index (χ1) is 19.3. The Kier molecular flexibility index (Phi) is 4.77. The van der Waals surface area contributed by atoms with E-state index in [0.29, 0.717) is 0 Å². The molecule has 0 saturated carbocycles. The summed E-state index contributed by atoms with van der Waals surface area (Å²) in [7, 11) is 0. The van der Waals surface area contributed by atoms with E-state index in [1.807, 2.05) is 0 Å². The van der Waals surface area contributed by atoms with Crippen LogP contribution in [0.2, 0.25) is 0 Å². The molecule has 0 spiro atoms. The predicted octanol–water partition coefficient (Wildman–Crippen LogP) is 9.86. The van der Waals surface area contributed by atoms with Crippen LogP contribution in [-0.2, 0) is 0 Å². The van der Waals surface area contributed by atoms with Crippen molar-refractivity contribution < 1.29 is 0 Å². The van der Waals surface area contributed by atoms with E-state index in [-0.39, 0.29) is 0 Å². The van der Waals surface area contributed by atoms with Gasteiger partial charge in [-0.25, -0.2) is 0 Å².